The molecule has 0 fully saturated rings. The van der Waals surface area contributed by atoms with Crippen LogP contribution < -0.4 is 4.74 Å². The van der Waals surface area contributed by atoms with Crippen molar-refractivity contribution in [1.29, 1.82) is 0 Å². The lowest BCUT2D eigenvalue weighted by molar-refractivity contribution is 0.436. The largest absolute Gasteiger partial charge is 0.457 e. The number of furan rings is 1. The van der Waals surface area contributed by atoms with E-state index >= 15 is 0 Å². The van der Waals surface area contributed by atoms with Crippen molar-refractivity contribution in [2.45, 2.75) is 5.41 Å². The number of ether oxygens (including phenoxy) is 1. The number of hydrogen-bond donors (Lipinski definition) is 0. The lowest BCUT2D eigenvalue weighted by Gasteiger charge is -2.39. The average molecular weight is 651 g/mol. The van der Waals surface area contributed by atoms with Gasteiger partial charge in [0.15, 0.2) is 0 Å². The third-order valence-corrected chi connectivity index (χ3v) is 11.0. The highest BCUT2D eigenvalue weighted by atomic mass is 16.5. The summed E-state index contributed by atoms with van der Waals surface area (Å²) in [5.41, 5.74) is 15.6. The molecule has 0 N–H and O–H groups in total. The molecule has 2 nitrogen and oxygen atoms in total. The van der Waals surface area contributed by atoms with Crippen LogP contribution in [0.4, 0.5) is 0 Å². The van der Waals surface area contributed by atoms with Crippen LogP contribution in [0.3, 0.4) is 0 Å². The summed E-state index contributed by atoms with van der Waals surface area (Å²) in [4.78, 5) is 0. The Labute approximate surface area is 295 Å². The highest BCUT2D eigenvalue weighted by Crippen LogP contribution is 2.62. The first-order valence-corrected chi connectivity index (χ1v) is 17.5. The van der Waals surface area contributed by atoms with Crippen LogP contribution in [0.25, 0.3) is 66.4 Å². The van der Waals surface area contributed by atoms with E-state index in [0.29, 0.717) is 0 Å². The summed E-state index contributed by atoms with van der Waals surface area (Å²) in [5.74, 6) is 1.78. The van der Waals surface area contributed by atoms with E-state index in [4.69, 9.17) is 9.15 Å². The van der Waals surface area contributed by atoms with Gasteiger partial charge in [0.1, 0.15) is 22.7 Å². The molecule has 0 atom stereocenters. The fourth-order valence-corrected chi connectivity index (χ4v) is 8.91. The van der Waals surface area contributed by atoms with E-state index in [9.17, 15) is 0 Å². The minimum Gasteiger partial charge on any atom is -0.457 e. The molecule has 1 aliphatic heterocycles. The molecule has 0 radical (unpaired) electrons. The molecule has 0 saturated carbocycles. The van der Waals surface area contributed by atoms with Crippen LogP contribution in [0.15, 0.2) is 186 Å². The van der Waals surface area contributed by atoms with Crippen LogP contribution in [0.1, 0.15) is 22.3 Å². The molecule has 8 aromatic carbocycles. The Kier molecular flexibility index (Phi) is 5.91. The van der Waals surface area contributed by atoms with Gasteiger partial charge < -0.3 is 9.15 Å². The third kappa shape index (κ3) is 3.87. The molecule has 0 amide bonds. The minimum atomic E-state index is -0.479. The van der Waals surface area contributed by atoms with Gasteiger partial charge in [0.2, 0.25) is 0 Å². The van der Waals surface area contributed by atoms with E-state index in [1.807, 2.05) is 12.1 Å². The highest BCUT2D eigenvalue weighted by Gasteiger charge is 2.50. The molecular formula is C49H30O2. The maximum Gasteiger partial charge on any atom is 0.143 e. The number of rotatable bonds is 3. The summed E-state index contributed by atoms with van der Waals surface area (Å²) in [5, 5.41) is 2.26. The van der Waals surface area contributed by atoms with Crippen molar-refractivity contribution in [3.63, 3.8) is 0 Å². The van der Waals surface area contributed by atoms with Gasteiger partial charge in [-0.15, -0.1) is 0 Å². The lowest BCUT2D eigenvalue weighted by atomic mass is 9.66. The molecule has 1 aliphatic carbocycles. The van der Waals surface area contributed by atoms with Gasteiger partial charge in [-0.05, 0) is 68.3 Å². The zero-order chi connectivity index (χ0) is 33.5. The molecule has 9 aromatic rings. The Morgan fingerprint density at radius 1 is 0.333 bits per heavy atom. The molecule has 1 spiro atoms. The van der Waals surface area contributed by atoms with Gasteiger partial charge in [-0.3, -0.25) is 0 Å². The Morgan fingerprint density at radius 3 is 1.59 bits per heavy atom. The summed E-state index contributed by atoms with van der Waals surface area (Å²) in [6.07, 6.45) is 0. The standard InChI is InChI=1S/C49H30O2/c1-2-15-33(34-16-3-4-17-35(34)39-21-13-22-40-38-20-7-11-26-45(38)51-48(39)40)32(14-1)31-28-29-44-47(30-31)50-46-27-12-10-25-43(46)49(44)41-23-8-5-18-36(41)37-19-6-9-24-42(37)49/h1-30H. The fourth-order valence-electron chi connectivity index (χ4n) is 8.91. The number of fused-ring (bicyclic) bond motifs is 12. The Hall–Kier alpha value is -6.64. The van der Waals surface area contributed by atoms with Crippen molar-refractivity contribution in [2.24, 2.45) is 0 Å². The lowest BCUT2D eigenvalue weighted by Crippen LogP contribution is -2.32. The molecule has 2 heterocycles. The average Bonchev–Trinajstić information content (AvgIpc) is 3.72. The van der Waals surface area contributed by atoms with Crippen LogP contribution in [-0.2, 0) is 5.41 Å². The van der Waals surface area contributed by atoms with E-state index in [-0.39, 0.29) is 0 Å². The summed E-state index contributed by atoms with van der Waals surface area (Å²) in [7, 11) is 0. The van der Waals surface area contributed by atoms with Crippen LogP contribution in [-0.4, -0.2) is 0 Å². The number of benzene rings is 8. The summed E-state index contributed by atoms with van der Waals surface area (Å²) in [6.45, 7) is 0. The minimum absolute atomic E-state index is 0.479. The SMILES string of the molecule is c1ccc2c(c1)Oc1cc(-c3ccccc3-c3ccccc3-c3cccc4c3oc3ccccc34)ccc1C21c2ccccc2-c2ccccc21. The van der Waals surface area contributed by atoms with Gasteiger partial charge in [-0.25, -0.2) is 0 Å². The highest BCUT2D eigenvalue weighted by molar-refractivity contribution is 6.11. The molecule has 2 aliphatic rings. The Balaban J connectivity index is 1.11. The smallest absolute Gasteiger partial charge is 0.143 e. The second-order valence-corrected chi connectivity index (χ2v) is 13.5. The van der Waals surface area contributed by atoms with Gasteiger partial charge in [0.25, 0.3) is 0 Å². The monoisotopic (exact) mass is 650 g/mol. The van der Waals surface area contributed by atoms with Crippen molar-refractivity contribution >= 4 is 21.9 Å². The fraction of sp³-hybridized carbons (Fsp3) is 0.0204. The van der Waals surface area contributed by atoms with Gasteiger partial charge in [-0.1, -0.05) is 164 Å². The quantitative estimate of drug-likeness (QED) is 0.190. The molecule has 51 heavy (non-hydrogen) atoms. The zero-order valence-corrected chi connectivity index (χ0v) is 27.6. The van der Waals surface area contributed by atoms with E-state index in [1.54, 1.807) is 0 Å². The Bertz CT molecular complexity index is 2810. The number of hydrogen-bond acceptors (Lipinski definition) is 2. The predicted octanol–water partition coefficient (Wildman–Crippen LogP) is 13.1. The van der Waals surface area contributed by atoms with Crippen LogP contribution in [0, 0.1) is 0 Å². The molecule has 0 bridgehead atoms. The first kappa shape index (κ1) is 28.2. The van der Waals surface area contributed by atoms with Crippen molar-refractivity contribution < 1.29 is 9.15 Å². The van der Waals surface area contributed by atoms with E-state index in [0.717, 1.165) is 72.4 Å². The predicted molar refractivity (Wildman–Crippen MR) is 207 cm³/mol. The van der Waals surface area contributed by atoms with Crippen LogP contribution in [0.5, 0.6) is 11.5 Å². The summed E-state index contributed by atoms with van der Waals surface area (Å²) < 4.78 is 13.4. The maximum atomic E-state index is 6.86. The molecule has 11 rings (SSSR count). The Morgan fingerprint density at radius 2 is 0.843 bits per heavy atom. The summed E-state index contributed by atoms with van der Waals surface area (Å²) >= 11 is 0. The number of para-hydroxylation sites is 3. The third-order valence-electron chi connectivity index (χ3n) is 11.0. The topological polar surface area (TPSA) is 22.4 Å². The maximum absolute atomic E-state index is 6.86. The van der Waals surface area contributed by atoms with Gasteiger partial charge in [0, 0.05) is 27.5 Å². The second kappa shape index (κ2) is 10.7. The van der Waals surface area contributed by atoms with Crippen LogP contribution >= 0.6 is 0 Å². The first-order chi connectivity index (χ1) is 25.3. The normalized spacial score (nSPS) is 13.4. The van der Waals surface area contributed by atoms with Gasteiger partial charge >= 0.3 is 0 Å². The van der Waals surface area contributed by atoms with E-state index in [1.165, 1.54) is 27.8 Å². The first-order valence-electron chi connectivity index (χ1n) is 17.5. The van der Waals surface area contributed by atoms with E-state index in [2.05, 4.69) is 170 Å². The van der Waals surface area contributed by atoms with Crippen molar-refractivity contribution in [3.05, 3.63) is 204 Å². The van der Waals surface area contributed by atoms with Gasteiger partial charge in [0.05, 0.1) is 5.41 Å². The van der Waals surface area contributed by atoms with Gasteiger partial charge in [-0.2, -0.15) is 0 Å². The molecule has 238 valence electrons. The molecule has 0 unspecified atom stereocenters. The molecule has 1 aromatic heterocycles. The van der Waals surface area contributed by atoms with E-state index < -0.39 is 5.41 Å². The second-order valence-electron chi connectivity index (χ2n) is 13.5. The molecular weight excluding hydrogens is 621 g/mol. The van der Waals surface area contributed by atoms with Crippen molar-refractivity contribution in [2.75, 3.05) is 0 Å². The molecule has 0 saturated heterocycles. The molecule has 2 heteroatoms. The van der Waals surface area contributed by atoms with Crippen molar-refractivity contribution in [3.8, 4) is 56.0 Å². The van der Waals surface area contributed by atoms with Crippen molar-refractivity contribution in [1.82, 2.24) is 0 Å². The zero-order valence-electron chi connectivity index (χ0n) is 27.6. The summed E-state index contributed by atoms with van der Waals surface area (Å²) in [6, 6.07) is 65.2. The van der Waals surface area contributed by atoms with Crippen LogP contribution in [0.2, 0.25) is 0 Å².